The Hall–Kier alpha value is -2.71. The minimum absolute atomic E-state index is 0.220. The molecule has 0 aliphatic heterocycles. The van der Waals surface area contributed by atoms with Crippen LogP contribution in [0, 0.1) is 5.92 Å². The zero-order valence-corrected chi connectivity index (χ0v) is 14.3. The predicted molar refractivity (Wildman–Crippen MR) is 90.6 cm³/mol. The Kier molecular flexibility index (Phi) is 6.12. The van der Waals surface area contributed by atoms with E-state index in [9.17, 15) is 22.8 Å². The first-order valence-electron chi connectivity index (χ1n) is 8.04. The van der Waals surface area contributed by atoms with Crippen LogP contribution in [-0.2, 0) is 4.79 Å². The molecule has 2 aromatic heterocycles. The molecular formula is C17H19F3N4O2. The molecule has 2 aromatic rings. The smallest absolute Gasteiger partial charge is 0.360 e. The van der Waals surface area contributed by atoms with Crippen molar-refractivity contribution < 1.29 is 18.0 Å². The normalized spacial score (nSPS) is 12.8. The molecule has 1 atom stereocenters. The molecule has 0 fully saturated rings. The highest BCUT2D eigenvalue weighted by atomic mass is 19.4. The van der Waals surface area contributed by atoms with Gasteiger partial charge in [-0.05, 0) is 18.1 Å². The van der Waals surface area contributed by atoms with E-state index in [-0.39, 0.29) is 11.5 Å². The monoisotopic (exact) mass is 368 g/mol. The SMILES string of the molecule is CC(C)[C@@H](Nc1ccnc(-c2ccc(=O)[nH]c2)n1)C(=O)CCC(F)(F)F. The lowest BCUT2D eigenvalue weighted by Gasteiger charge is -2.22. The van der Waals surface area contributed by atoms with Crippen molar-refractivity contribution in [3.63, 3.8) is 0 Å². The van der Waals surface area contributed by atoms with Gasteiger partial charge in [0, 0.05) is 30.4 Å². The zero-order chi connectivity index (χ0) is 19.3. The molecule has 0 unspecified atom stereocenters. The van der Waals surface area contributed by atoms with Crippen molar-refractivity contribution in [1.82, 2.24) is 15.0 Å². The largest absolute Gasteiger partial charge is 0.389 e. The highest BCUT2D eigenvalue weighted by molar-refractivity contribution is 5.86. The second-order valence-electron chi connectivity index (χ2n) is 6.15. The molecule has 0 saturated heterocycles. The molecule has 0 aliphatic carbocycles. The third-order valence-electron chi connectivity index (χ3n) is 3.67. The van der Waals surface area contributed by atoms with Crippen molar-refractivity contribution in [2.75, 3.05) is 5.32 Å². The van der Waals surface area contributed by atoms with E-state index < -0.39 is 30.8 Å². The van der Waals surface area contributed by atoms with Gasteiger partial charge in [0.2, 0.25) is 5.56 Å². The highest BCUT2D eigenvalue weighted by Crippen LogP contribution is 2.23. The fourth-order valence-corrected chi connectivity index (χ4v) is 2.33. The number of aromatic nitrogens is 3. The number of anilines is 1. The summed E-state index contributed by atoms with van der Waals surface area (Å²) in [4.78, 5) is 34.2. The summed E-state index contributed by atoms with van der Waals surface area (Å²) in [6, 6.07) is 3.61. The number of halogens is 3. The Morgan fingerprint density at radius 3 is 2.58 bits per heavy atom. The number of hydrogen-bond acceptors (Lipinski definition) is 5. The maximum atomic E-state index is 12.4. The standard InChI is InChI=1S/C17H19F3N4O2/c1-10(2)15(12(25)5-7-17(18,19)20)23-13-6-8-21-16(24-13)11-3-4-14(26)22-9-11/h3-4,6,8-10,15H,5,7H2,1-2H3,(H,22,26)(H,21,23,24)/t15-/m1/s1. The van der Waals surface area contributed by atoms with E-state index in [1.54, 1.807) is 19.9 Å². The predicted octanol–water partition coefficient (Wildman–Crippen LogP) is 3.18. The Labute approximate surface area is 147 Å². The van der Waals surface area contributed by atoms with Gasteiger partial charge in [0.1, 0.15) is 5.82 Å². The van der Waals surface area contributed by atoms with Crippen molar-refractivity contribution in [1.29, 1.82) is 0 Å². The van der Waals surface area contributed by atoms with Crippen LogP contribution in [0.4, 0.5) is 19.0 Å². The average molecular weight is 368 g/mol. The highest BCUT2D eigenvalue weighted by Gasteiger charge is 2.31. The van der Waals surface area contributed by atoms with Crippen LogP contribution in [0.2, 0.25) is 0 Å². The van der Waals surface area contributed by atoms with Gasteiger partial charge in [-0.25, -0.2) is 9.97 Å². The van der Waals surface area contributed by atoms with Gasteiger partial charge < -0.3 is 10.3 Å². The summed E-state index contributed by atoms with van der Waals surface area (Å²) in [7, 11) is 0. The van der Waals surface area contributed by atoms with Crippen LogP contribution < -0.4 is 10.9 Å². The number of nitrogens with one attached hydrogen (secondary N) is 2. The number of rotatable bonds is 7. The molecule has 0 saturated carbocycles. The van der Waals surface area contributed by atoms with E-state index >= 15 is 0 Å². The van der Waals surface area contributed by atoms with Crippen LogP contribution in [-0.4, -0.2) is 33.0 Å². The number of aromatic amines is 1. The van der Waals surface area contributed by atoms with Gasteiger partial charge in [-0.3, -0.25) is 9.59 Å². The van der Waals surface area contributed by atoms with Crippen LogP contribution in [0.5, 0.6) is 0 Å². The zero-order valence-electron chi connectivity index (χ0n) is 14.3. The molecule has 26 heavy (non-hydrogen) atoms. The Bertz CT molecular complexity index is 798. The first-order valence-corrected chi connectivity index (χ1v) is 8.04. The van der Waals surface area contributed by atoms with Crippen molar-refractivity contribution in [2.45, 2.75) is 38.9 Å². The minimum atomic E-state index is -4.37. The second kappa shape index (κ2) is 8.11. The molecule has 0 spiro atoms. The number of Topliss-reactive ketones (excluding diaryl/α,β-unsaturated/α-hetero) is 1. The van der Waals surface area contributed by atoms with Crippen molar-refractivity contribution >= 4 is 11.6 Å². The molecule has 0 amide bonds. The van der Waals surface area contributed by atoms with Crippen molar-refractivity contribution in [3.05, 3.63) is 40.9 Å². The summed E-state index contributed by atoms with van der Waals surface area (Å²) in [5.41, 5.74) is 0.302. The molecule has 0 bridgehead atoms. The third-order valence-corrected chi connectivity index (χ3v) is 3.67. The van der Waals surface area contributed by atoms with Crippen LogP contribution in [0.15, 0.2) is 35.4 Å². The fourth-order valence-electron chi connectivity index (χ4n) is 2.33. The van der Waals surface area contributed by atoms with E-state index in [0.29, 0.717) is 17.2 Å². The number of ketones is 1. The molecule has 9 heteroatoms. The topological polar surface area (TPSA) is 87.7 Å². The van der Waals surface area contributed by atoms with Crippen LogP contribution in [0.3, 0.4) is 0 Å². The number of carbonyl (C=O) groups excluding carboxylic acids is 1. The van der Waals surface area contributed by atoms with Gasteiger partial charge in [0.15, 0.2) is 11.6 Å². The number of hydrogen-bond donors (Lipinski definition) is 2. The molecule has 140 valence electrons. The quantitative estimate of drug-likeness (QED) is 0.784. The third kappa shape index (κ3) is 5.68. The Morgan fingerprint density at radius 1 is 1.27 bits per heavy atom. The summed E-state index contributed by atoms with van der Waals surface area (Å²) in [5.74, 6) is -0.111. The second-order valence-corrected chi connectivity index (χ2v) is 6.15. The molecule has 2 heterocycles. The molecular weight excluding hydrogens is 349 g/mol. The fraction of sp³-hybridized carbons (Fsp3) is 0.412. The molecule has 0 aliphatic rings. The summed E-state index contributed by atoms with van der Waals surface area (Å²) in [6.45, 7) is 3.49. The first kappa shape index (κ1) is 19.6. The van der Waals surface area contributed by atoms with Gasteiger partial charge in [0.25, 0.3) is 0 Å². The van der Waals surface area contributed by atoms with Gasteiger partial charge >= 0.3 is 6.18 Å². The number of alkyl halides is 3. The van der Waals surface area contributed by atoms with E-state index in [2.05, 4.69) is 20.3 Å². The van der Waals surface area contributed by atoms with Crippen LogP contribution in [0.25, 0.3) is 11.4 Å². The maximum Gasteiger partial charge on any atom is 0.389 e. The maximum absolute atomic E-state index is 12.4. The van der Waals surface area contributed by atoms with Gasteiger partial charge in [-0.1, -0.05) is 13.8 Å². The summed E-state index contributed by atoms with van der Waals surface area (Å²) in [5, 5.41) is 2.90. The van der Waals surface area contributed by atoms with E-state index in [1.807, 2.05) is 0 Å². The van der Waals surface area contributed by atoms with Gasteiger partial charge in [-0.15, -0.1) is 0 Å². The number of carbonyl (C=O) groups is 1. The summed E-state index contributed by atoms with van der Waals surface area (Å²) < 4.78 is 37.1. The van der Waals surface area contributed by atoms with Gasteiger partial charge in [0.05, 0.1) is 12.5 Å². The van der Waals surface area contributed by atoms with E-state index in [1.165, 1.54) is 24.5 Å². The average Bonchev–Trinajstić information content (AvgIpc) is 2.57. The Balaban J connectivity index is 2.16. The molecule has 2 rings (SSSR count). The molecule has 0 aromatic carbocycles. The minimum Gasteiger partial charge on any atom is -0.360 e. The van der Waals surface area contributed by atoms with E-state index in [4.69, 9.17) is 0 Å². The molecule has 6 nitrogen and oxygen atoms in total. The molecule has 2 N–H and O–H groups in total. The summed E-state index contributed by atoms with van der Waals surface area (Å²) >= 11 is 0. The Morgan fingerprint density at radius 2 is 2.00 bits per heavy atom. The van der Waals surface area contributed by atoms with Crippen LogP contribution in [0.1, 0.15) is 26.7 Å². The lowest BCUT2D eigenvalue weighted by atomic mass is 9.97. The lowest BCUT2D eigenvalue weighted by Crippen LogP contribution is -2.35. The van der Waals surface area contributed by atoms with Crippen molar-refractivity contribution in [3.8, 4) is 11.4 Å². The van der Waals surface area contributed by atoms with Crippen LogP contribution >= 0.6 is 0 Å². The number of pyridine rings is 1. The number of nitrogens with zero attached hydrogens (tertiary/aromatic N) is 2. The lowest BCUT2D eigenvalue weighted by molar-refractivity contribution is -0.143. The van der Waals surface area contributed by atoms with E-state index in [0.717, 1.165) is 0 Å². The van der Waals surface area contributed by atoms with Crippen molar-refractivity contribution in [2.24, 2.45) is 5.92 Å². The summed E-state index contributed by atoms with van der Waals surface area (Å²) in [6.07, 6.45) is -3.19. The molecule has 0 radical (unpaired) electrons. The first-order chi connectivity index (χ1) is 12.2. The number of H-pyrrole nitrogens is 1. The van der Waals surface area contributed by atoms with Gasteiger partial charge in [-0.2, -0.15) is 13.2 Å².